The molecule has 0 aliphatic heterocycles. The second-order valence-electron chi connectivity index (χ2n) is 5.70. The highest BCUT2D eigenvalue weighted by Gasteiger charge is 2.08. The van der Waals surface area contributed by atoms with Crippen LogP contribution in [-0.4, -0.2) is 24.6 Å². The van der Waals surface area contributed by atoms with Crippen LogP contribution in [0.2, 0.25) is 0 Å². The summed E-state index contributed by atoms with van der Waals surface area (Å²) in [5, 5.41) is 6.04. The number of methoxy groups -OCH3 is 1. The standard InChI is InChI=1S/C21H21N3O3/c1-3-27-18-10-7-15(8-11-18)23-17-9-12-20(22-14-17)21(25)24-16-5-4-6-19(13-16)26-2/h4-14,23H,3H2,1-2H3,(H,24,25). The maximum absolute atomic E-state index is 12.3. The molecule has 0 spiro atoms. The van der Waals surface area contributed by atoms with Gasteiger partial charge in [0, 0.05) is 17.4 Å². The molecule has 2 N–H and O–H groups in total. The van der Waals surface area contributed by atoms with Gasteiger partial charge in [-0.05, 0) is 55.5 Å². The molecule has 0 unspecified atom stereocenters. The van der Waals surface area contributed by atoms with Gasteiger partial charge in [-0.2, -0.15) is 0 Å². The summed E-state index contributed by atoms with van der Waals surface area (Å²) >= 11 is 0. The second kappa shape index (κ2) is 8.71. The van der Waals surface area contributed by atoms with Crippen molar-refractivity contribution < 1.29 is 14.3 Å². The van der Waals surface area contributed by atoms with Gasteiger partial charge < -0.3 is 20.1 Å². The lowest BCUT2D eigenvalue weighted by Gasteiger charge is -2.09. The molecule has 1 aromatic heterocycles. The van der Waals surface area contributed by atoms with Crippen molar-refractivity contribution in [2.75, 3.05) is 24.4 Å². The Morgan fingerprint density at radius 2 is 1.74 bits per heavy atom. The Kier molecular flexibility index (Phi) is 5.89. The first kappa shape index (κ1) is 18.3. The third kappa shape index (κ3) is 4.98. The molecule has 6 heteroatoms. The van der Waals surface area contributed by atoms with E-state index in [1.165, 1.54) is 0 Å². The Balaban J connectivity index is 1.62. The number of hydrogen-bond acceptors (Lipinski definition) is 5. The van der Waals surface area contributed by atoms with E-state index in [2.05, 4.69) is 15.6 Å². The molecular weight excluding hydrogens is 342 g/mol. The van der Waals surface area contributed by atoms with Crippen LogP contribution in [0, 0.1) is 0 Å². The number of anilines is 3. The number of aromatic nitrogens is 1. The van der Waals surface area contributed by atoms with Crippen LogP contribution >= 0.6 is 0 Å². The normalized spacial score (nSPS) is 10.1. The van der Waals surface area contributed by atoms with Crippen molar-refractivity contribution in [1.29, 1.82) is 0 Å². The van der Waals surface area contributed by atoms with Gasteiger partial charge in [0.15, 0.2) is 0 Å². The summed E-state index contributed by atoms with van der Waals surface area (Å²) in [4.78, 5) is 16.6. The molecule has 0 radical (unpaired) electrons. The number of nitrogens with one attached hydrogen (secondary N) is 2. The molecule has 0 aliphatic carbocycles. The zero-order valence-corrected chi connectivity index (χ0v) is 15.2. The van der Waals surface area contributed by atoms with Gasteiger partial charge >= 0.3 is 0 Å². The van der Waals surface area contributed by atoms with Crippen molar-refractivity contribution in [3.8, 4) is 11.5 Å². The van der Waals surface area contributed by atoms with Crippen molar-refractivity contribution >= 4 is 23.0 Å². The largest absolute Gasteiger partial charge is 0.497 e. The fourth-order valence-corrected chi connectivity index (χ4v) is 2.47. The van der Waals surface area contributed by atoms with Crippen molar-refractivity contribution in [1.82, 2.24) is 4.98 Å². The van der Waals surface area contributed by atoms with Crippen LogP contribution in [0.25, 0.3) is 0 Å². The third-order valence-corrected chi connectivity index (χ3v) is 3.78. The van der Waals surface area contributed by atoms with Gasteiger partial charge in [0.1, 0.15) is 17.2 Å². The van der Waals surface area contributed by atoms with Crippen LogP contribution in [0.4, 0.5) is 17.1 Å². The number of rotatable bonds is 7. The van der Waals surface area contributed by atoms with E-state index in [0.717, 1.165) is 17.1 Å². The first-order valence-corrected chi connectivity index (χ1v) is 8.59. The average Bonchev–Trinajstić information content (AvgIpc) is 2.70. The lowest BCUT2D eigenvalue weighted by molar-refractivity contribution is 0.102. The molecule has 0 saturated heterocycles. The molecule has 27 heavy (non-hydrogen) atoms. The van der Waals surface area contributed by atoms with E-state index >= 15 is 0 Å². The topological polar surface area (TPSA) is 72.5 Å². The predicted octanol–water partition coefficient (Wildman–Crippen LogP) is 4.48. The van der Waals surface area contributed by atoms with E-state index in [0.29, 0.717) is 23.7 Å². The highest BCUT2D eigenvalue weighted by atomic mass is 16.5. The summed E-state index contributed by atoms with van der Waals surface area (Å²) in [6, 6.07) is 18.3. The first-order valence-electron chi connectivity index (χ1n) is 8.59. The Labute approximate surface area is 158 Å². The third-order valence-electron chi connectivity index (χ3n) is 3.78. The maximum atomic E-state index is 12.3. The lowest BCUT2D eigenvalue weighted by Crippen LogP contribution is -2.13. The molecule has 3 rings (SSSR count). The number of ether oxygens (including phenoxy) is 2. The number of carbonyl (C=O) groups excluding carboxylic acids is 1. The van der Waals surface area contributed by atoms with Gasteiger partial charge in [0.2, 0.25) is 0 Å². The quantitative estimate of drug-likeness (QED) is 0.647. The van der Waals surface area contributed by atoms with Crippen LogP contribution in [0.3, 0.4) is 0 Å². The zero-order valence-electron chi connectivity index (χ0n) is 15.2. The Morgan fingerprint density at radius 3 is 2.41 bits per heavy atom. The molecule has 3 aromatic rings. The summed E-state index contributed by atoms with van der Waals surface area (Å²) in [5.41, 5.74) is 2.68. The van der Waals surface area contributed by atoms with Gasteiger partial charge in [-0.1, -0.05) is 6.07 Å². The summed E-state index contributed by atoms with van der Waals surface area (Å²) in [5.74, 6) is 1.22. The Morgan fingerprint density at radius 1 is 0.963 bits per heavy atom. The van der Waals surface area contributed by atoms with Crippen LogP contribution in [0.15, 0.2) is 66.9 Å². The summed E-state index contributed by atoms with van der Waals surface area (Å²) < 4.78 is 10.6. The lowest BCUT2D eigenvalue weighted by atomic mass is 10.2. The summed E-state index contributed by atoms with van der Waals surface area (Å²) in [7, 11) is 1.58. The number of carbonyl (C=O) groups is 1. The maximum Gasteiger partial charge on any atom is 0.274 e. The van der Waals surface area contributed by atoms with E-state index in [1.54, 1.807) is 31.5 Å². The molecule has 0 fully saturated rings. The van der Waals surface area contributed by atoms with Crippen molar-refractivity contribution in [3.05, 3.63) is 72.6 Å². The van der Waals surface area contributed by atoms with Gasteiger partial charge in [0.05, 0.1) is 25.6 Å². The van der Waals surface area contributed by atoms with Crippen LogP contribution in [-0.2, 0) is 0 Å². The zero-order chi connectivity index (χ0) is 19.1. The minimum Gasteiger partial charge on any atom is -0.497 e. The molecule has 0 bridgehead atoms. The molecule has 6 nitrogen and oxygen atoms in total. The molecule has 1 heterocycles. The van der Waals surface area contributed by atoms with Gasteiger partial charge in [0.25, 0.3) is 5.91 Å². The molecule has 0 saturated carbocycles. The molecule has 2 aromatic carbocycles. The first-order chi connectivity index (χ1) is 13.2. The number of benzene rings is 2. The number of pyridine rings is 1. The molecule has 0 aliphatic rings. The smallest absolute Gasteiger partial charge is 0.274 e. The van der Waals surface area contributed by atoms with Crippen molar-refractivity contribution in [2.24, 2.45) is 0 Å². The Hall–Kier alpha value is -3.54. The summed E-state index contributed by atoms with van der Waals surface area (Å²) in [6.07, 6.45) is 1.62. The fourth-order valence-electron chi connectivity index (χ4n) is 2.47. The molecule has 1 amide bonds. The van der Waals surface area contributed by atoms with Crippen molar-refractivity contribution in [2.45, 2.75) is 6.92 Å². The van der Waals surface area contributed by atoms with E-state index < -0.39 is 0 Å². The number of hydrogen-bond donors (Lipinski definition) is 2. The molecular formula is C21H21N3O3. The van der Waals surface area contributed by atoms with Crippen molar-refractivity contribution in [3.63, 3.8) is 0 Å². The highest BCUT2D eigenvalue weighted by molar-refractivity contribution is 6.03. The van der Waals surface area contributed by atoms with E-state index in [4.69, 9.17) is 9.47 Å². The molecule has 138 valence electrons. The fraction of sp³-hybridized carbons (Fsp3) is 0.143. The number of nitrogens with zero attached hydrogens (tertiary/aromatic N) is 1. The van der Waals surface area contributed by atoms with Crippen LogP contribution in [0.1, 0.15) is 17.4 Å². The van der Waals surface area contributed by atoms with E-state index in [9.17, 15) is 4.79 Å². The monoisotopic (exact) mass is 363 g/mol. The molecule has 0 atom stereocenters. The SMILES string of the molecule is CCOc1ccc(Nc2ccc(C(=O)Nc3cccc(OC)c3)nc2)cc1. The van der Waals surface area contributed by atoms with Gasteiger partial charge in [-0.3, -0.25) is 4.79 Å². The average molecular weight is 363 g/mol. The van der Waals surface area contributed by atoms with E-state index in [1.807, 2.05) is 49.4 Å². The minimum atomic E-state index is -0.282. The highest BCUT2D eigenvalue weighted by Crippen LogP contribution is 2.20. The summed E-state index contributed by atoms with van der Waals surface area (Å²) in [6.45, 7) is 2.58. The van der Waals surface area contributed by atoms with Gasteiger partial charge in [-0.15, -0.1) is 0 Å². The number of amides is 1. The van der Waals surface area contributed by atoms with Crippen LogP contribution in [0.5, 0.6) is 11.5 Å². The predicted molar refractivity (Wildman–Crippen MR) is 106 cm³/mol. The second-order valence-corrected chi connectivity index (χ2v) is 5.70. The van der Waals surface area contributed by atoms with Gasteiger partial charge in [-0.25, -0.2) is 4.98 Å². The van der Waals surface area contributed by atoms with Crippen LogP contribution < -0.4 is 20.1 Å². The van der Waals surface area contributed by atoms with E-state index in [-0.39, 0.29) is 5.91 Å². The Bertz CT molecular complexity index is 893. The minimum absolute atomic E-state index is 0.282.